The van der Waals surface area contributed by atoms with Crippen molar-refractivity contribution in [3.63, 3.8) is 0 Å². The first-order valence-electron chi connectivity index (χ1n) is 6.47. The molecule has 2 N–H and O–H groups in total. The first-order chi connectivity index (χ1) is 7.06. The third kappa shape index (κ3) is 4.12. The highest BCUT2D eigenvalue weighted by Crippen LogP contribution is 2.24. The molecule has 0 amide bonds. The molecule has 0 bridgehead atoms. The fourth-order valence-electron chi connectivity index (χ4n) is 2.30. The van der Waals surface area contributed by atoms with E-state index in [9.17, 15) is 0 Å². The van der Waals surface area contributed by atoms with Crippen molar-refractivity contribution in [1.82, 2.24) is 4.90 Å². The molecule has 0 aliphatic rings. The molecule has 2 heteroatoms. The van der Waals surface area contributed by atoms with Crippen molar-refractivity contribution in [3.05, 3.63) is 0 Å². The van der Waals surface area contributed by atoms with Gasteiger partial charge in [-0.2, -0.15) is 0 Å². The van der Waals surface area contributed by atoms with Crippen molar-refractivity contribution in [2.75, 3.05) is 20.1 Å². The first kappa shape index (κ1) is 14.9. The van der Waals surface area contributed by atoms with Gasteiger partial charge in [-0.05, 0) is 25.8 Å². The van der Waals surface area contributed by atoms with Gasteiger partial charge < -0.3 is 5.73 Å². The molecule has 0 aromatic carbocycles. The summed E-state index contributed by atoms with van der Waals surface area (Å²) < 4.78 is 0. The van der Waals surface area contributed by atoms with E-state index in [0.717, 1.165) is 18.9 Å². The minimum Gasteiger partial charge on any atom is -0.329 e. The van der Waals surface area contributed by atoms with Gasteiger partial charge in [0.05, 0.1) is 0 Å². The lowest BCUT2D eigenvalue weighted by Gasteiger charge is -2.42. The molecule has 2 nitrogen and oxygen atoms in total. The highest BCUT2D eigenvalue weighted by Gasteiger charge is 2.30. The number of nitrogens with zero attached hydrogens (tertiary/aromatic N) is 1. The number of nitrogens with two attached hydrogens (primary N) is 1. The maximum absolute atomic E-state index is 5.98. The molecule has 92 valence electrons. The van der Waals surface area contributed by atoms with Gasteiger partial charge >= 0.3 is 0 Å². The Morgan fingerprint density at radius 2 is 1.87 bits per heavy atom. The number of rotatable bonds is 8. The molecule has 0 saturated heterocycles. The molecule has 2 atom stereocenters. The molecule has 0 spiro atoms. The molecule has 15 heavy (non-hydrogen) atoms. The fraction of sp³-hybridized carbons (Fsp3) is 1.00. The lowest BCUT2D eigenvalue weighted by molar-refractivity contribution is 0.0929. The summed E-state index contributed by atoms with van der Waals surface area (Å²) in [4.78, 5) is 2.49. The summed E-state index contributed by atoms with van der Waals surface area (Å²) in [6.45, 7) is 11.0. The van der Waals surface area contributed by atoms with Crippen molar-refractivity contribution in [1.29, 1.82) is 0 Å². The summed E-state index contributed by atoms with van der Waals surface area (Å²) in [5.74, 6) is 0.768. The van der Waals surface area contributed by atoms with Gasteiger partial charge in [0.2, 0.25) is 0 Å². The quantitative estimate of drug-likeness (QED) is 0.673. The Bertz CT molecular complexity index is 153. The van der Waals surface area contributed by atoms with Crippen LogP contribution in [0.3, 0.4) is 0 Å². The van der Waals surface area contributed by atoms with Gasteiger partial charge in [-0.3, -0.25) is 4.90 Å². The Balaban J connectivity index is 4.45. The van der Waals surface area contributed by atoms with E-state index in [4.69, 9.17) is 5.73 Å². The molecular weight excluding hydrogens is 184 g/mol. The van der Waals surface area contributed by atoms with E-state index in [1.807, 2.05) is 0 Å². The van der Waals surface area contributed by atoms with Crippen LogP contribution in [0.2, 0.25) is 0 Å². The van der Waals surface area contributed by atoms with Crippen LogP contribution in [0.25, 0.3) is 0 Å². The van der Waals surface area contributed by atoms with E-state index >= 15 is 0 Å². The van der Waals surface area contributed by atoms with Gasteiger partial charge in [-0.25, -0.2) is 0 Å². The molecule has 0 aliphatic heterocycles. The summed E-state index contributed by atoms with van der Waals surface area (Å²) in [5.41, 5.74) is 6.22. The largest absolute Gasteiger partial charge is 0.329 e. The predicted octanol–water partition coefficient (Wildman–Crippen LogP) is 2.87. The van der Waals surface area contributed by atoms with Crippen molar-refractivity contribution in [3.8, 4) is 0 Å². The highest BCUT2D eigenvalue weighted by atomic mass is 15.2. The topological polar surface area (TPSA) is 29.3 Å². The van der Waals surface area contributed by atoms with Crippen LogP contribution in [0.4, 0.5) is 0 Å². The Kier molecular flexibility index (Phi) is 7.20. The second-order valence-corrected chi connectivity index (χ2v) is 4.93. The van der Waals surface area contributed by atoms with E-state index < -0.39 is 0 Å². The van der Waals surface area contributed by atoms with Crippen molar-refractivity contribution in [2.24, 2.45) is 11.7 Å². The first-order valence-corrected chi connectivity index (χ1v) is 6.47. The third-order valence-electron chi connectivity index (χ3n) is 3.85. The van der Waals surface area contributed by atoms with E-state index in [0.29, 0.717) is 0 Å². The average Bonchev–Trinajstić information content (AvgIpc) is 2.25. The van der Waals surface area contributed by atoms with E-state index in [1.165, 1.54) is 25.8 Å². The van der Waals surface area contributed by atoms with Crippen LogP contribution >= 0.6 is 0 Å². The zero-order valence-electron chi connectivity index (χ0n) is 11.3. The van der Waals surface area contributed by atoms with Crippen LogP contribution in [0.5, 0.6) is 0 Å². The molecule has 0 saturated carbocycles. The lowest BCUT2D eigenvalue weighted by Crippen LogP contribution is -2.52. The molecule has 2 unspecified atom stereocenters. The maximum atomic E-state index is 5.98. The zero-order valence-corrected chi connectivity index (χ0v) is 11.3. The Morgan fingerprint density at radius 1 is 1.27 bits per heavy atom. The molecule has 0 aliphatic carbocycles. The summed E-state index contributed by atoms with van der Waals surface area (Å²) in [6.07, 6.45) is 4.84. The molecule has 0 fully saturated rings. The van der Waals surface area contributed by atoms with Crippen molar-refractivity contribution >= 4 is 0 Å². The molecular formula is C13H30N2. The molecule has 0 rings (SSSR count). The highest BCUT2D eigenvalue weighted by molar-refractivity contribution is 4.89. The lowest BCUT2D eigenvalue weighted by atomic mass is 9.88. The average molecular weight is 214 g/mol. The predicted molar refractivity (Wildman–Crippen MR) is 69.1 cm³/mol. The van der Waals surface area contributed by atoms with Crippen LogP contribution in [0.1, 0.15) is 53.4 Å². The summed E-state index contributed by atoms with van der Waals surface area (Å²) >= 11 is 0. The fourth-order valence-corrected chi connectivity index (χ4v) is 2.30. The Morgan fingerprint density at radius 3 is 2.20 bits per heavy atom. The molecule has 0 aromatic heterocycles. The van der Waals surface area contributed by atoms with Crippen LogP contribution in [0, 0.1) is 5.92 Å². The Hall–Kier alpha value is -0.0800. The Labute approximate surface area is 96.2 Å². The molecule has 0 radical (unpaired) electrons. The van der Waals surface area contributed by atoms with Gasteiger partial charge in [-0.15, -0.1) is 0 Å². The smallest absolute Gasteiger partial charge is 0.0326 e. The van der Waals surface area contributed by atoms with Gasteiger partial charge in [0.1, 0.15) is 0 Å². The number of hydrogen-bond acceptors (Lipinski definition) is 2. The van der Waals surface area contributed by atoms with Crippen LogP contribution in [-0.4, -0.2) is 30.6 Å². The summed E-state index contributed by atoms with van der Waals surface area (Å²) in [5, 5.41) is 0. The van der Waals surface area contributed by atoms with E-state index in [2.05, 4.69) is 39.6 Å². The minimum absolute atomic E-state index is 0.234. The number of hydrogen-bond donors (Lipinski definition) is 1. The van der Waals surface area contributed by atoms with Gasteiger partial charge in [0, 0.05) is 18.6 Å². The monoisotopic (exact) mass is 214 g/mol. The zero-order chi connectivity index (χ0) is 11.9. The second-order valence-electron chi connectivity index (χ2n) is 4.93. The summed E-state index contributed by atoms with van der Waals surface area (Å²) in [6, 6.07) is 0. The standard InChI is InChI=1S/C13H30N2/c1-6-9-13(8-3,11-14)15(5)10-12(4)7-2/h12H,6-11,14H2,1-5H3. The van der Waals surface area contributed by atoms with Crippen LogP contribution < -0.4 is 5.73 Å². The normalized spacial score (nSPS) is 17.8. The van der Waals surface area contributed by atoms with Crippen LogP contribution in [0.15, 0.2) is 0 Å². The van der Waals surface area contributed by atoms with E-state index in [-0.39, 0.29) is 5.54 Å². The maximum Gasteiger partial charge on any atom is 0.0326 e. The third-order valence-corrected chi connectivity index (χ3v) is 3.85. The van der Waals surface area contributed by atoms with Crippen molar-refractivity contribution in [2.45, 2.75) is 58.9 Å². The van der Waals surface area contributed by atoms with Gasteiger partial charge in [0.15, 0.2) is 0 Å². The molecule has 0 heterocycles. The molecule has 0 aromatic rings. The van der Waals surface area contributed by atoms with Gasteiger partial charge in [-0.1, -0.05) is 40.5 Å². The second kappa shape index (κ2) is 7.24. The van der Waals surface area contributed by atoms with Crippen LogP contribution in [-0.2, 0) is 0 Å². The van der Waals surface area contributed by atoms with Gasteiger partial charge in [0.25, 0.3) is 0 Å². The number of likely N-dealkylation sites (N-methyl/N-ethyl adjacent to an activating group) is 1. The SMILES string of the molecule is CCCC(CC)(CN)N(C)CC(C)CC. The van der Waals surface area contributed by atoms with E-state index in [1.54, 1.807) is 0 Å². The minimum atomic E-state index is 0.234. The van der Waals surface area contributed by atoms with Crippen molar-refractivity contribution < 1.29 is 0 Å². The summed E-state index contributed by atoms with van der Waals surface area (Å²) in [7, 11) is 2.23.